The Bertz CT molecular complexity index is 751. The minimum Gasteiger partial charge on any atom is -0.327 e. The highest BCUT2D eigenvalue weighted by molar-refractivity contribution is 6.36. The number of rotatable bonds is 2. The van der Waals surface area contributed by atoms with Gasteiger partial charge in [0.1, 0.15) is 23.4 Å². The number of halogens is 2. The van der Waals surface area contributed by atoms with Gasteiger partial charge in [-0.1, -0.05) is 30.1 Å². The number of imidazole rings is 1. The maximum atomic E-state index is 6.22. The van der Waals surface area contributed by atoms with Crippen LogP contribution < -0.4 is 0 Å². The molecule has 2 aromatic heterocycles. The zero-order chi connectivity index (χ0) is 13.4. The molecule has 3 aromatic rings. The molecule has 4 nitrogen and oxygen atoms in total. The second-order valence-electron chi connectivity index (χ2n) is 4.08. The summed E-state index contributed by atoms with van der Waals surface area (Å²) < 4.78 is 0. The van der Waals surface area contributed by atoms with Gasteiger partial charge < -0.3 is 4.98 Å². The highest BCUT2D eigenvalue weighted by Gasteiger charge is 2.13. The number of H-pyrrole nitrogens is 1. The second-order valence-corrected chi connectivity index (χ2v) is 4.92. The van der Waals surface area contributed by atoms with E-state index in [1.165, 1.54) is 6.33 Å². The molecule has 0 aliphatic rings. The van der Waals surface area contributed by atoms with Gasteiger partial charge in [0.15, 0.2) is 5.65 Å². The van der Waals surface area contributed by atoms with Gasteiger partial charge in [0, 0.05) is 17.0 Å². The van der Waals surface area contributed by atoms with E-state index in [0.717, 1.165) is 23.3 Å². The van der Waals surface area contributed by atoms with Crippen LogP contribution in [-0.4, -0.2) is 19.9 Å². The van der Waals surface area contributed by atoms with Crippen molar-refractivity contribution in [3.8, 4) is 11.3 Å². The summed E-state index contributed by atoms with van der Waals surface area (Å²) in [5, 5.41) is 1.14. The maximum Gasteiger partial charge on any atom is 0.161 e. The number of nitrogens with zero attached hydrogens (tertiary/aromatic N) is 3. The van der Waals surface area contributed by atoms with Crippen molar-refractivity contribution >= 4 is 34.4 Å². The molecule has 0 saturated carbocycles. The van der Waals surface area contributed by atoms with Crippen LogP contribution >= 0.6 is 23.2 Å². The summed E-state index contributed by atoms with van der Waals surface area (Å²) in [5.41, 5.74) is 2.95. The molecule has 0 fully saturated rings. The van der Waals surface area contributed by atoms with E-state index in [2.05, 4.69) is 19.9 Å². The minimum atomic E-state index is 0.550. The van der Waals surface area contributed by atoms with Crippen molar-refractivity contribution in [3.63, 3.8) is 0 Å². The lowest BCUT2D eigenvalue weighted by atomic mass is 10.1. The molecule has 0 atom stereocenters. The average Bonchev–Trinajstić information content (AvgIpc) is 2.82. The molecule has 0 unspecified atom stereocenters. The van der Waals surface area contributed by atoms with E-state index in [9.17, 15) is 0 Å². The lowest BCUT2D eigenvalue weighted by molar-refractivity contribution is 0.997. The molecule has 0 saturated heterocycles. The number of fused-ring (bicyclic) bond motifs is 1. The van der Waals surface area contributed by atoms with Crippen LogP contribution in [0.15, 0.2) is 24.5 Å². The number of aromatic amines is 1. The first-order valence-electron chi connectivity index (χ1n) is 5.84. The van der Waals surface area contributed by atoms with Crippen LogP contribution in [0.2, 0.25) is 10.0 Å². The molecule has 96 valence electrons. The van der Waals surface area contributed by atoms with Crippen molar-refractivity contribution in [3.05, 3.63) is 40.4 Å². The number of benzene rings is 1. The fraction of sp³-hybridized carbons (Fsp3) is 0.154. The zero-order valence-corrected chi connectivity index (χ0v) is 11.6. The fourth-order valence-electron chi connectivity index (χ4n) is 1.92. The lowest BCUT2D eigenvalue weighted by Crippen LogP contribution is -1.89. The second kappa shape index (κ2) is 4.79. The molecule has 0 spiro atoms. The first-order chi connectivity index (χ1) is 9.19. The van der Waals surface area contributed by atoms with Gasteiger partial charge in [0.25, 0.3) is 0 Å². The van der Waals surface area contributed by atoms with E-state index in [4.69, 9.17) is 23.2 Å². The van der Waals surface area contributed by atoms with E-state index < -0.39 is 0 Å². The molecule has 19 heavy (non-hydrogen) atoms. The van der Waals surface area contributed by atoms with Crippen molar-refractivity contribution in [2.75, 3.05) is 0 Å². The Labute approximate surface area is 119 Å². The molecular formula is C13H10Cl2N4. The Balaban J connectivity index is 2.26. The van der Waals surface area contributed by atoms with Gasteiger partial charge in [-0.15, -0.1) is 0 Å². The van der Waals surface area contributed by atoms with Crippen LogP contribution in [0, 0.1) is 0 Å². The molecule has 1 aromatic carbocycles. The number of hydrogen-bond donors (Lipinski definition) is 1. The summed E-state index contributed by atoms with van der Waals surface area (Å²) >= 11 is 12.1. The molecule has 0 aliphatic carbocycles. The average molecular weight is 293 g/mol. The van der Waals surface area contributed by atoms with Crippen molar-refractivity contribution in [1.29, 1.82) is 0 Å². The third-order valence-electron chi connectivity index (χ3n) is 2.85. The Morgan fingerprint density at radius 3 is 2.79 bits per heavy atom. The van der Waals surface area contributed by atoms with Crippen molar-refractivity contribution in [2.24, 2.45) is 0 Å². The van der Waals surface area contributed by atoms with Gasteiger partial charge in [-0.2, -0.15) is 0 Å². The quantitative estimate of drug-likeness (QED) is 0.780. The van der Waals surface area contributed by atoms with Crippen LogP contribution in [-0.2, 0) is 6.42 Å². The van der Waals surface area contributed by atoms with E-state index >= 15 is 0 Å². The normalized spacial score (nSPS) is 11.1. The van der Waals surface area contributed by atoms with Crippen LogP contribution in [0.3, 0.4) is 0 Å². The van der Waals surface area contributed by atoms with Crippen LogP contribution in [0.25, 0.3) is 22.4 Å². The van der Waals surface area contributed by atoms with Crippen molar-refractivity contribution < 1.29 is 0 Å². The molecule has 1 N–H and O–H groups in total. The first-order valence-corrected chi connectivity index (χ1v) is 6.59. The summed E-state index contributed by atoms with van der Waals surface area (Å²) in [6, 6.07) is 5.32. The number of hydrogen-bond acceptors (Lipinski definition) is 3. The lowest BCUT2D eigenvalue weighted by Gasteiger charge is -2.04. The predicted octanol–water partition coefficient (Wildman–Crippen LogP) is 3.89. The smallest absolute Gasteiger partial charge is 0.161 e. The van der Waals surface area contributed by atoms with Crippen molar-refractivity contribution in [1.82, 2.24) is 19.9 Å². The van der Waals surface area contributed by atoms with Crippen LogP contribution in [0.4, 0.5) is 0 Å². The van der Waals surface area contributed by atoms with Gasteiger partial charge in [-0.3, -0.25) is 0 Å². The number of aryl methyl sites for hydroxylation is 1. The third-order valence-corrected chi connectivity index (χ3v) is 3.40. The van der Waals surface area contributed by atoms with Gasteiger partial charge in [-0.25, -0.2) is 15.0 Å². The highest BCUT2D eigenvalue weighted by Crippen LogP contribution is 2.32. The summed E-state index contributed by atoms with van der Waals surface area (Å²) in [5.74, 6) is 0.877. The molecule has 0 amide bonds. The Morgan fingerprint density at radius 1 is 1.21 bits per heavy atom. The molecule has 0 aliphatic heterocycles. The minimum absolute atomic E-state index is 0.550. The molecule has 2 heterocycles. The van der Waals surface area contributed by atoms with E-state index in [1.807, 2.05) is 13.0 Å². The molecule has 3 rings (SSSR count). The highest BCUT2D eigenvalue weighted by atomic mass is 35.5. The number of aromatic nitrogens is 4. The molecular weight excluding hydrogens is 283 g/mol. The van der Waals surface area contributed by atoms with E-state index in [1.54, 1.807) is 12.1 Å². The molecule has 6 heteroatoms. The molecule has 0 radical (unpaired) electrons. The maximum absolute atomic E-state index is 6.22. The van der Waals surface area contributed by atoms with Crippen LogP contribution in [0.5, 0.6) is 0 Å². The Morgan fingerprint density at radius 2 is 2.05 bits per heavy atom. The van der Waals surface area contributed by atoms with Gasteiger partial charge >= 0.3 is 0 Å². The summed E-state index contributed by atoms with van der Waals surface area (Å²) in [6.07, 6.45) is 2.31. The zero-order valence-electron chi connectivity index (χ0n) is 10.1. The van der Waals surface area contributed by atoms with Gasteiger partial charge in [0.2, 0.25) is 0 Å². The van der Waals surface area contributed by atoms with Crippen molar-refractivity contribution in [2.45, 2.75) is 13.3 Å². The van der Waals surface area contributed by atoms with E-state index in [0.29, 0.717) is 21.4 Å². The third kappa shape index (κ3) is 2.17. The monoisotopic (exact) mass is 292 g/mol. The Kier molecular flexibility index (Phi) is 3.12. The molecule has 0 bridgehead atoms. The summed E-state index contributed by atoms with van der Waals surface area (Å²) in [7, 11) is 0. The summed E-state index contributed by atoms with van der Waals surface area (Å²) in [4.78, 5) is 16.1. The largest absolute Gasteiger partial charge is 0.327 e. The Hall–Kier alpha value is -1.65. The first kappa shape index (κ1) is 12.4. The standard InChI is InChI=1S/C13H10Cl2N4/c1-2-10-18-12-11(16-6-17-13(12)19-10)8-4-3-7(14)5-9(8)15/h3-6H,2H2,1H3,(H,16,17,18,19). The predicted molar refractivity (Wildman–Crippen MR) is 76.5 cm³/mol. The van der Waals surface area contributed by atoms with Gasteiger partial charge in [0.05, 0.1) is 5.02 Å². The van der Waals surface area contributed by atoms with E-state index in [-0.39, 0.29) is 0 Å². The van der Waals surface area contributed by atoms with Crippen LogP contribution in [0.1, 0.15) is 12.7 Å². The topological polar surface area (TPSA) is 54.5 Å². The SMILES string of the molecule is CCc1nc2c(-c3ccc(Cl)cc3Cl)ncnc2[nH]1. The van der Waals surface area contributed by atoms with Gasteiger partial charge in [-0.05, 0) is 18.2 Å². The number of nitrogens with one attached hydrogen (secondary N) is 1. The fourth-order valence-corrected chi connectivity index (χ4v) is 2.42. The summed E-state index contributed by atoms with van der Waals surface area (Å²) in [6.45, 7) is 2.03.